The van der Waals surface area contributed by atoms with Gasteiger partial charge in [-0.05, 0) is 55.0 Å². The molecule has 26 heavy (non-hydrogen) atoms. The number of benzene rings is 1. The third-order valence-electron chi connectivity index (χ3n) is 4.70. The topological polar surface area (TPSA) is 79.4 Å². The highest BCUT2D eigenvalue weighted by atomic mass is 32.2. The molecule has 0 spiro atoms. The third kappa shape index (κ3) is 4.89. The summed E-state index contributed by atoms with van der Waals surface area (Å²) >= 11 is 0. The van der Waals surface area contributed by atoms with Gasteiger partial charge in [0.25, 0.3) is 5.91 Å². The highest BCUT2D eigenvalue weighted by Crippen LogP contribution is 2.23. The van der Waals surface area contributed by atoms with Crippen LogP contribution >= 0.6 is 0 Å². The molecule has 7 heteroatoms. The smallest absolute Gasteiger partial charge is 0.255 e. The van der Waals surface area contributed by atoms with Crippen LogP contribution < -0.4 is 5.32 Å². The Hall–Kier alpha value is -2.25. The number of piperidine rings is 1. The third-order valence-corrected chi connectivity index (χ3v) is 6.01. The van der Waals surface area contributed by atoms with Crippen LogP contribution in [0, 0.1) is 5.92 Å². The van der Waals surface area contributed by atoms with E-state index in [2.05, 4.69) is 10.3 Å². The number of sulfonamides is 1. The number of anilines is 1. The van der Waals surface area contributed by atoms with Gasteiger partial charge in [-0.1, -0.05) is 12.1 Å². The molecule has 2 heterocycles. The van der Waals surface area contributed by atoms with E-state index in [1.54, 1.807) is 28.8 Å². The Morgan fingerprint density at radius 2 is 1.88 bits per heavy atom. The Bertz CT molecular complexity index is 843. The van der Waals surface area contributed by atoms with Gasteiger partial charge in [0.1, 0.15) is 0 Å². The van der Waals surface area contributed by atoms with E-state index in [4.69, 9.17) is 0 Å². The molecule has 0 atom stereocenters. The van der Waals surface area contributed by atoms with E-state index in [9.17, 15) is 13.2 Å². The number of carbonyl (C=O) groups excluding carboxylic acids is 1. The van der Waals surface area contributed by atoms with Gasteiger partial charge in [0.05, 0.1) is 18.1 Å². The summed E-state index contributed by atoms with van der Waals surface area (Å²) in [6.07, 6.45) is 7.18. The highest BCUT2D eigenvalue weighted by Gasteiger charge is 2.24. The fraction of sp³-hybridized carbons (Fsp3) is 0.368. The molecule has 6 nitrogen and oxygen atoms in total. The van der Waals surface area contributed by atoms with Crippen LogP contribution in [-0.2, 0) is 16.4 Å². The highest BCUT2D eigenvalue weighted by molar-refractivity contribution is 7.88. The number of hydrogen-bond acceptors (Lipinski definition) is 4. The van der Waals surface area contributed by atoms with Crippen molar-refractivity contribution in [3.63, 3.8) is 0 Å². The maximum atomic E-state index is 12.2. The molecule has 1 aliphatic rings. The predicted octanol–water partition coefficient (Wildman–Crippen LogP) is 2.55. The lowest BCUT2D eigenvalue weighted by Crippen LogP contribution is -2.38. The molecule has 0 radical (unpaired) electrons. The zero-order valence-corrected chi connectivity index (χ0v) is 15.6. The standard InChI is InChI=1S/C19H23N3O3S/c1-26(24,25)22-11-8-16(9-12-22)13-15-4-6-17(7-5-15)19(23)21-18-3-2-10-20-14-18/h2-7,10,14,16H,8-9,11-13H2,1H3,(H,21,23). The summed E-state index contributed by atoms with van der Waals surface area (Å²) in [5, 5.41) is 2.81. The summed E-state index contributed by atoms with van der Waals surface area (Å²) in [6.45, 7) is 1.18. The monoisotopic (exact) mass is 373 g/mol. The molecule has 0 aliphatic carbocycles. The van der Waals surface area contributed by atoms with Crippen LogP contribution in [0.2, 0.25) is 0 Å². The fourth-order valence-electron chi connectivity index (χ4n) is 3.21. The molecule has 1 N–H and O–H groups in total. The van der Waals surface area contributed by atoms with Crippen LogP contribution in [0.1, 0.15) is 28.8 Å². The first-order valence-electron chi connectivity index (χ1n) is 8.67. The number of amides is 1. The molecule has 1 amide bonds. The molecular formula is C19H23N3O3S. The molecule has 0 bridgehead atoms. The first-order valence-corrected chi connectivity index (χ1v) is 10.5. The van der Waals surface area contributed by atoms with Crippen molar-refractivity contribution in [1.82, 2.24) is 9.29 Å². The molecular weight excluding hydrogens is 350 g/mol. The quantitative estimate of drug-likeness (QED) is 0.873. The van der Waals surface area contributed by atoms with Gasteiger partial charge in [-0.25, -0.2) is 12.7 Å². The molecule has 1 saturated heterocycles. The van der Waals surface area contributed by atoms with E-state index >= 15 is 0 Å². The number of aromatic nitrogens is 1. The maximum absolute atomic E-state index is 12.2. The Kier molecular flexibility index (Phi) is 5.68. The molecule has 1 fully saturated rings. The van der Waals surface area contributed by atoms with Gasteiger partial charge in [0.15, 0.2) is 0 Å². The Balaban J connectivity index is 1.54. The molecule has 1 aromatic carbocycles. The average molecular weight is 373 g/mol. The molecule has 0 unspecified atom stereocenters. The zero-order valence-electron chi connectivity index (χ0n) is 14.8. The normalized spacial score (nSPS) is 16.3. The molecule has 3 rings (SSSR count). The van der Waals surface area contributed by atoms with Crippen LogP contribution in [0.15, 0.2) is 48.8 Å². The van der Waals surface area contributed by atoms with Crippen LogP contribution in [0.25, 0.3) is 0 Å². The molecule has 1 aromatic heterocycles. The van der Waals surface area contributed by atoms with Crippen molar-refractivity contribution in [2.45, 2.75) is 19.3 Å². The van der Waals surface area contributed by atoms with Gasteiger partial charge in [0.2, 0.25) is 10.0 Å². The number of nitrogens with one attached hydrogen (secondary N) is 1. The predicted molar refractivity (Wildman–Crippen MR) is 101 cm³/mol. The zero-order chi connectivity index (χ0) is 18.6. The maximum Gasteiger partial charge on any atom is 0.255 e. The van der Waals surface area contributed by atoms with Crippen LogP contribution in [0.4, 0.5) is 5.69 Å². The summed E-state index contributed by atoms with van der Waals surface area (Å²) in [5.74, 6) is 0.314. The van der Waals surface area contributed by atoms with Gasteiger partial charge in [-0.15, -0.1) is 0 Å². The van der Waals surface area contributed by atoms with Gasteiger partial charge in [-0.3, -0.25) is 9.78 Å². The Morgan fingerprint density at radius 1 is 1.19 bits per heavy atom. The summed E-state index contributed by atoms with van der Waals surface area (Å²) in [7, 11) is -3.08. The minimum Gasteiger partial charge on any atom is -0.321 e. The SMILES string of the molecule is CS(=O)(=O)N1CCC(Cc2ccc(C(=O)Nc3cccnc3)cc2)CC1. The molecule has 2 aromatic rings. The lowest BCUT2D eigenvalue weighted by molar-refractivity contribution is 0.102. The van der Waals surface area contributed by atoms with Crippen molar-refractivity contribution >= 4 is 21.6 Å². The minimum atomic E-state index is -3.08. The van der Waals surface area contributed by atoms with Gasteiger partial charge >= 0.3 is 0 Å². The summed E-state index contributed by atoms with van der Waals surface area (Å²) in [6, 6.07) is 11.2. The largest absolute Gasteiger partial charge is 0.321 e. The molecule has 138 valence electrons. The summed E-state index contributed by atoms with van der Waals surface area (Å²) in [4.78, 5) is 16.2. The van der Waals surface area contributed by atoms with Crippen LogP contribution in [0.5, 0.6) is 0 Å². The molecule has 1 aliphatic heterocycles. The van der Waals surface area contributed by atoms with E-state index in [1.807, 2.05) is 24.3 Å². The van der Waals surface area contributed by atoms with Crippen molar-refractivity contribution in [2.24, 2.45) is 5.92 Å². The fourth-order valence-corrected chi connectivity index (χ4v) is 4.08. The van der Waals surface area contributed by atoms with Gasteiger partial charge in [-0.2, -0.15) is 0 Å². The van der Waals surface area contributed by atoms with Gasteiger partial charge < -0.3 is 5.32 Å². The van der Waals surface area contributed by atoms with Crippen LogP contribution in [0.3, 0.4) is 0 Å². The van der Waals surface area contributed by atoms with E-state index < -0.39 is 10.0 Å². The summed E-state index contributed by atoms with van der Waals surface area (Å²) in [5.41, 5.74) is 2.43. The minimum absolute atomic E-state index is 0.161. The average Bonchev–Trinajstić information content (AvgIpc) is 2.63. The van der Waals surface area contributed by atoms with E-state index in [-0.39, 0.29) is 5.91 Å². The first kappa shape index (κ1) is 18.5. The van der Waals surface area contributed by atoms with Crippen molar-refractivity contribution in [3.8, 4) is 0 Å². The first-order chi connectivity index (χ1) is 12.4. The second-order valence-corrected chi connectivity index (χ2v) is 8.68. The summed E-state index contributed by atoms with van der Waals surface area (Å²) < 4.78 is 24.7. The molecule has 0 saturated carbocycles. The lowest BCUT2D eigenvalue weighted by Gasteiger charge is -2.30. The second-order valence-electron chi connectivity index (χ2n) is 6.70. The number of carbonyl (C=O) groups is 1. The van der Waals surface area contributed by atoms with E-state index in [0.29, 0.717) is 30.3 Å². The van der Waals surface area contributed by atoms with Crippen molar-refractivity contribution in [3.05, 3.63) is 59.9 Å². The number of pyridine rings is 1. The number of rotatable bonds is 5. The van der Waals surface area contributed by atoms with Gasteiger partial charge in [0, 0.05) is 24.8 Å². The van der Waals surface area contributed by atoms with E-state index in [1.165, 1.54) is 11.8 Å². The lowest BCUT2D eigenvalue weighted by atomic mass is 9.91. The van der Waals surface area contributed by atoms with Crippen molar-refractivity contribution in [2.75, 3.05) is 24.7 Å². The number of nitrogens with zero attached hydrogens (tertiary/aromatic N) is 2. The van der Waals surface area contributed by atoms with Crippen molar-refractivity contribution < 1.29 is 13.2 Å². The Labute approximate surface area is 154 Å². The second kappa shape index (κ2) is 7.97. The van der Waals surface area contributed by atoms with E-state index in [0.717, 1.165) is 19.3 Å². The number of hydrogen-bond donors (Lipinski definition) is 1. The van der Waals surface area contributed by atoms with Crippen molar-refractivity contribution in [1.29, 1.82) is 0 Å². The Morgan fingerprint density at radius 3 is 2.46 bits per heavy atom. The van der Waals surface area contributed by atoms with Crippen LogP contribution in [-0.4, -0.2) is 43.0 Å².